The van der Waals surface area contributed by atoms with Crippen LogP contribution in [-0.4, -0.2) is 0 Å². The molecule has 0 fully saturated rings. The summed E-state index contributed by atoms with van der Waals surface area (Å²) in [5.41, 5.74) is 7.89. The van der Waals surface area contributed by atoms with Crippen LogP contribution in [0.1, 0.15) is 60.8 Å². The Bertz CT molecular complexity index is 974. The zero-order valence-electron chi connectivity index (χ0n) is 19.9. The molecule has 4 aromatic rings. The first kappa shape index (κ1) is 23.5. The van der Waals surface area contributed by atoms with E-state index in [9.17, 15) is 0 Å². The molecule has 0 heteroatoms. The zero-order chi connectivity index (χ0) is 23.3. The molecule has 34 heavy (non-hydrogen) atoms. The van der Waals surface area contributed by atoms with E-state index in [1.165, 1.54) is 59.1 Å². The molecule has 0 saturated carbocycles. The molecule has 0 aliphatic carbocycles. The smallest absolute Gasteiger partial charge is 0.0151 e. The van der Waals surface area contributed by atoms with Crippen molar-refractivity contribution < 1.29 is 0 Å². The normalized spacial score (nSPS) is 10.5. The van der Waals surface area contributed by atoms with Crippen molar-refractivity contribution in [2.45, 2.75) is 38.5 Å². The van der Waals surface area contributed by atoms with E-state index in [1.807, 2.05) is 0 Å². The van der Waals surface area contributed by atoms with Gasteiger partial charge in [0.2, 0.25) is 0 Å². The summed E-state index contributed by atoms with van der Waals surface area (Å²) in [5.74, 6) is 0. The Morgan fingerprint density at radius 2 is 0.618 bits per heavy atom. The third-order valence-electron chi connectivity index (χ3n) is 6.19. The standard InChI is InChI=1S/C34H34/c1(3-17-27-33(29-19-9-5-10-20-29)30-21-11-6-12-22-30)2-4-18-28-34(31-23-13-7-14-24-31)32-25-15-8-16-26-32/h5-16,19-28H,1-4,17-18H2. The van der Waals surface area contributed by atoms with E-state index in [4.69, 9.17) is 0 Å². The number of hydrogen-bond donors (Lipinski definition) is 0. The second-order valence-corrected chi connectivity index (χ2v) is 8.69. The quantitative estimate of drug-likeness (QED) is 0.203. The average molecular weight is 443 g/mol. The van der Waals surface area contributed by atoms with Crippen LogP contribution in [0.25, 0.3) is 11.1 Å². The second-order valence-electron chi connectivity index (χ2n) is 8.69. The predicted molar refractivity (Wildman–Crippen MR) is 148 cm³/mol. The Balaban J connectivity index is 1.30. The van der Waals surface area contributed by atoms with Crippen molar-refractivity contribution in [1.29, 1.82) is 0 Å². The molecule has 0 bridgehead atoms. The molecule has 4 rings (SSSR count). The van der Waals surface area contributed by atoms with Gasteiger partial charge in [-0.3, -0.25) is 0 Å². The van der Waals surface area contributed by atoms with Crippen molar-refractivity contribution in [3.8, 4) is 0 Å². The van der Waals surface area contributed by atoms with Gasteiger partial charge < -0.3 is 0 Å². The van der Waals surface area contributed by atoms with E-state index >= 15 is 0 Å². The second kappa shape index (κ2) is 13.2. The lowest BCUT2D eigenvalue weighted by Gasteiger charge is -2.09. The topological polar surface area (TPSA) is 0 Å². The van der Waals surface area contributed by atoms with E-state index in [2.05, 4.69) is 133 Å². The van der Waals surface area contributed by atoms with Crippen molar-refractivity contribution >= 4 is 11.1 Å². The van der Waals surface area contributed by atoms with Gasteiger partial charge in [0.25, 0.3) is 0 Å². The van der Waals surface area contributed by atoms with E-state index in [1.54, 1.807) is 0 Å². The van der Waals surface area contributed by atoms with Gasteiger partial charge in [0.15, 0.2) is 0 Å². The number of unbranched alkanes of at least 4 members (excludes halogenated alkanes) is 5. The highest BCUT2D eigenvalue weighted by Crippen LogP contribution is 2.26. The van der Waals surface area contributed by atoms with Gasteiger partial charge in [-0.1, -0.05) is 146 Å². The molecule has 0 aliphatic heterocycles. The molecular formula is C34H34. The molecule has 0 spiro atoms. The number of hydrogen-bond acceptors (Lipinski definition) is 0. The first-order valence-corrected chi connectivity index (χ1v) is 12.5. The van der Waals surface area contributed by atoms with Crippen molar-refractivity contribution in [1.82, 2.24) is 0 Å². The van der Waals surface area contributed by atoms with Crippen LogP contribution in [0.4, 0.5) is 0 Å². The Labute approximate surface area is 205 Å². The molecule has 0 aliphatic rings. The summed E-state index contributed by atoms with van der Waals surface area (Å²) in [7, 11) is 0. The molecule has 0 nitrogen and oxygen atoms in total. The van der Waals surface area contributed by atoms with Gasteiger partial charge >= 0.3 is 0 Å². The largest absolute Gasteiger partial charge is 0.0761 e. The predicted octanol–water partition coefficient (Wildman–Crippen LogP) is 9.59. The molecule has 0 heterocycles. The molecule has 0 aromatic heterocycles. The molecule has 0 saturated heterocycles. The van der Waals surface area contributed by atoms with Crippen LogP contribution in [0.3, 0.4) is 0 Å². The first-order valence-electron chi connectivity index (χ1n) is 12.5. The summed E-state index contributed by atoms with van der Waals surface area (Å²) in [5, 5.41) is 0. The summed E-state index contributed by atoms with van der Waals surface area (Å²) < 4.78 is 0. The fraction of sp³-hybridized carbons (Fsp3) is 0.176. The lowest BCUT2D eigenvalue weighted by Crippen LogP contribution is -1.89. The van der Waals surface area contributed by atoms with Crippen molar-refractivity contribution in [3.05, 3.63) is 156 Å². The number of allylic oxidation sites excluding steroid dienone is 2. The highest BCUT2D eigenvalue weighted by Gasteiger charge is 2.05. The first-order chi connectivity index (χ1) is 16.9. The van der Waals surface area contributed by atoms with Gasteiger partial charge in [-0.05, 0) is 59.1 Å². The minimum atomic E-state index is 1.12. The Hall–Kier alpha value is -3.64. The third-order valence-corrected chi connectivity index (χ3v) is 6.19. The van der Waals surface area contributed by atoms with Gasteiger partial charge in [-0.15, -0.1) is 0 Å². The SMILES string of the molecule is C(CCCCCCC=C(c1ccccc1)c1ccccc1)=C(c1ccccc1)c1ccccc1. The lowest BCUT2D eigenvalue weighted by molar-refractivity contribution is 0.653. The van der Waals surface area contributed by atoms with Crippen LogP contribution in [-0.2, 0) is 0 Å². The molecule has 4 aromatic carbocycles. The van der Waals surface area contributed by atoms with Crippen molar-refractivity contribution in [3.63, 3.8) is 0 Å². The molecule has 0 atom stereocenters. The van der Waals surface area contributed by atoms with E-state index in [0.29, 0.717) is 0 Å². The van der Waals surface area contributed by atoms with Crippen LogP contribution < -0.4 is 0 Å². The van der Waals surface area contributed by atoms with Gasteiger partial charge in [0, 0.05) is 0 Å². The van der Waals surface area contributed by atoms with Gasteiger partial charge in [-0.25, -0.2) is 0 Å². The maximum atomic E-state index is 2.42. The van der Waals surface area contributed by atoms with Crippen molar-refractivity contribution in [2.24, 2.45) is 0 Å². The average Bonchev–Trinajstić information content (AvgIpc) is 2.92. The number of rotatable bonds is 11. The van der Waals surface area contributed by atoms with Crippen LogP contribution in [0.15, 0.2) is 133 Å². The van der Waals surface area contributed by atoms with Gasteiger partial charge in [-0.2, -0.15) is 0 Å². The molecule has 0 N–H and O–H groups in total. The summed E-state index contributed by atoms with van der Waals surface area (Å²) in [6, 6.07) is 43.0. The van der Waals surface area contributed by atoms with E-state index in [0.717, 1.165) is 12.8 Å². The fourth-order valence-corrected chi connectivity index (χ4v) is 4.41. The third kappa shape index (κ3) is 6.93. The monoisotopic (exact) mass is 442 g/mol. The molecule has 170 valence electrons. The van der Waals surface area contributed by atoms with Crippen molar-refractivity contribution in [2.75, 3.05) is 0 Å². The van der Waals surface area contributed by atoms with Crippen LogP contribution in [0, 0.1) is 0 Å². The maximum absolute atomic E-state index is 2.42. The van der Waals surface area contributed by atoms with Gasteiger partial charge in [0.1, 0.15) is 0 Å². The molecule has 0 radical (unpaired) electrons. The molecular weight excluding hydrogens is 408 g/mol. The van der Waals surface area contributed by atoms with Crippen LogP contribution in [0.5, 0.6) is 0 Å². The highest BCUT2D eigenvalue weighted by molar-refractivity contribution is 5.80. The Morgan fingerprint density at radius 3 is 0.882 bits per heavy atom. The Morgan fingerprint density at radius 1 is 0.353 bits per heavy atom. The minimum absolute atomic E-state index is 1.12. The maximum Gasteiger partial charge on any atom is -0.0151 e. The van der Waals surface area contributed by atoms with E-state index < -0.39 is 0 Å². The van der Waals surface area contributed by atoms with Crippen LogP contribution in [0.2, 0.25) is 0 Å². The van der Waals surface area contributed by atoms with Gasteiger partial charge in [0.05, 0.1) is 0 Å². The minimum Gasteiger partial charge on any atom is -0.0761 e. The lowest BCUT2D eigenvalue weighted by atomic mass is 9.95. The van der Waals surface area contributed by atoms with E-state index in [-0.39, 0.29) is 0 Å². The molecule has 0 unspecified atom stereocenters. The summed E-state index contributed by atoms with van der Waals surface area (Å²) in [6.45, 7) is 0. The molecule has 0 amide bonds. The highest BCUT2D eigenvalue weighted by atomic mass is 14.1. The number of benzene rings is 4. The fourth-order valence-electron chi connectivity index (χ4n) is 4.41. The Kier molecular flexibility index (Phi) is 9.10. The summed E-state index contributed by atoms with van der Waals surface area (Å²) in [4.78, 5) is 0. The summed E-state index contributed by atoms with van der Waals surface area (Å²) >= 11 is 0. The summed E-state index contributed by atoms with van der Waals surface area (Å²) in [6.07, 6.45) is 12.1. The van der Waals surface area contributed by atoms with Crippen LogP contribution >= 0.6 is 0 Å². The zero-order valence-corrected chi connectivity index (χ0v) is 19.9.